The predicted octanol–water partition coefficient (Wildman–Crippen LogP) is 1.76. The molecule has 100 valence electrons. The van der Waals surface area contributed by atoms with Crippen LogP contribution in [-0.2, 0) is 6.42 Å². The first-order valence-corrected chi connectivity index (χ1v) is 6.17. The van der Waals surface area contributed by atoms with Crippen LogP contribution in [0.1, 0.15) is 18.1 Å². The highest BCUT2D eigenvalue weighted by Crippen LogP contribution is 2.24. The summed E-state index contributed by atoms with van der Waals surface area (Å²) >= 11 is 6.05. The van der Waals surface area contributed by atoms with Crippen LogP contribution in [0.3, 0.4) is 0 Å². The maximum Gasteiger partial charge on any atom is 0.335 e. The van der Waals surface area contributed by atoms with E-state index in [1.165, 1.54) is 0 Å². The third kappa shape index (κ3) is 2.29. The third-order valence-corrected chi connectivity index (χ3v) is 3.20. The zero-order valence-corrected chi connectivity index (χ0v) is 11.3. The van der Waals surface area contributed by atoms with E-state index in [9.17, 15) is 14.7 Å². The summed E-state index contributed by atoms with van der Waals surface area (Å²) in [6.07, 6.45) is 0.310. The Labute approximate surface area is 114 Å². The molecule has 5 nitrogen and oxygen atoms in total. The zero-order chi connectivity index (χ0) is 14.2. The van der Waals surface area contributed by atoms with Crippen LogP contribution in [0.25, 0.3) is 5.69 Å². The number of benzene rings is 1. The topological polar surface area (TPSA) is 75.1 Å². The first-order chi connectivity index (χ1) is 8.95. The van der Waals surface area contributed by atoms with Gasteiger partial charge >= 0.3 is 5.69 Å². The van der Waals surface area contributed by atoms with Gasteiger partial charge in [-0.25, -0.2) is 9.36 Å². The number of hydrogen-bond acceptors (Lipinski definition) is 3. The van der Waals surface area contributed by atoms with Crippen molar-refractivity contribution in [3.05, 3.63) is 55.2 Å². The third-order valence-electron chi connectivity index (χ3n) is 2.88. The first kappa shape index (κ1) is 13.4. The standard InChI is InChI=1S/C13H13ClN2O3/c1-3-8-11(17)15-13(19)16(12(8)18)10-6-7(2)4-5-9(10)14/h4-6,18H,3H2,1-2H3,(H,15,17,19). The van der Waals surface area contributed by atoms with Crippen molar-refractivity contribution in [2.24, 2.45) is 0 Å². The molecule has 0 unspecified atom stereocenters. The molecule has 0 aliphatic heterocycles. The largest absolute Gasteiger partial charge is 0.494 e. The van der Waals surface area contributed by atoms with Gasteiger partial charge in [-0.3, -0.25) is 9.78 Å². The molecule has 2 N–H and O–H groups in total. The second-order valence-electron chi connectivity index (χ2n) is 4.21. The first-order valence-electron chi connectivity index (χ1n) is 5.79. The number of aryl methyl sites for hydroxylation is 1. The van der Waals surface area contributed by atoms with Crippen LogP contribution in [0.15, 0.2) is 27.8 Å². The van der Waals surface area contributed by atoms with E-state index < -0.39 is 11.2 Å². The number of H-pyrrole nitrogens is 1. The minimum atomic E-state index is -0.716. The number of nitrogens with zero attached hydrogens (tertiary/aromatic N) is 1. The summed E-state index contributed by atoms with van der Waals surface area (Å²) in [6.45, 7) is 3.56. The fourth-order valence-electron chi connectivity index (χ4n) is 1.90. The maximum atomic E-state index is 11.9. The average molecular weight is 281 g/mol. The van der Waals surface area contributed by atoms with Crippen molar-refractivity contribution in [2.75, 3.05) is 0 Å². The summed E-state index contributed by atoms with van der Waals surface area (Å²) in [4.78, 5) is 25.6. The van der Waals surface area contributed by atoms with E-state index >= 15 is 0 Å². The zero-order valence-electron chi connectivity index (χ0n) is 10.5. The molecule has 0 fully saturated rings. The van der Waals surface area contributed by atoms with Crippen molar-refractivity contribution in [3.63, 3.8) is 0 Å². The Hall–Kier alpha value is -2.01. The molecule has 0 spiro atoms. The number of hydrogen-bond donors (Lipinski definition) is 2. The van der Waals surface area contributed by atoms with Crippen molar-refractivity contribution in [1.82, 2.24) is 9.55 Å². The van der Waals surface area contributed by atoms with Gasteiger partial charge in [0.15, 0.2) is 0 Å². The van der Waals surface area contributed by atoms with E-state index in [-0.39, 0.29) is 11.4 Å². The Morgan fingerprint density at radius 2 is 2.05 bits per heavy atom. The Morgan fingerprint density at radius 1 is 1.37 bits per heavy atom. The number of nitrogens with one attached hydrogen (secondary N) is 1. The van der Waals surface area contributed by atoms with Crippen molar-refractivity contribution < 1.29 is 5.11 Å². The molecule has 0 radical (unpaired) electrons. The molecule has 19 heavy (non-hydrogen) atoms. The monoisotopic (exact) mass is 280 g/mol. The number of aromatic amines is 1. The predicted molar refractivity (Wildman–Crippen MR) is 73.4 cm³/mol. The molecule has 0 aliphatic rings. The van der Waals surface area contributed by atoms with Gasteiger partial charge < -0.3 is 5.11 Å². The molecular formula is C13H13ClN2O3. The summed E-state index contributed by atoms with van der Waals surface area (Å²) in [7, 11) is 0. The van der Waals surface area contributed by atoms with Crippen LogP contribution in [0.5, 0.6) is 5.88 Å². The molecule has 0 saturated heterocycles. The van der Waals surface area contributed by atoms with Gasteiger partial charge in [0.05, 0.1) is 16.3 Å². The Kier molecular flexibility index (Phi) is 3.48. The van der Waals surface area contributed by atoms with E-state index in [0.717, 1.165) is 10.1 Å². The number of halogens is 1. The lowest BCUT2D eigenvalue weighted by Crippen LogP contribution is -2.31. The quantitative estimate of drug-likeness (QED) is 0.880. The van der Waals surface area contributed by atoms with Crippen LogP contribution >= 0.6 is 11.6 Å². The Balaban J connectivity index is 2.86. The van der Waals surface area contributed by atoms with Crippen molar-refractivity contribution >= 4 is 11.6 Å². The molecule has 0 saturated carbocycles. The van der Waals surface area contributed by atoms with Crippen LogP contribution in [0.2, 0.25) is 5.02 Å². The van der Waals surface area contributed by atoms with Crippen molar-refractivity contribution in [2.45, 2.75) is 20.3 Å². The summed E-state index contributed by atoms with van der Waals surface area (Å²) in [5, 5.41) is 10.4. The van der Waals surface area contributed by atoms with Gasteiger partial charge in [0.25, 0.3) is 5.56 Å². The molecule has 6 heteroatoms. The van der Waals surface area contributed by atoms with Gasteiger partial charge in [-0.15, -0.1) is 0 Å². The van der Waals surface area contributed by atoms with E-state index in [1.807, 2.05) is 6.92 Å². The SMILES string of the molecule is CCc1c(O)n(-c2cc(C)ccc2Cl)c(=O)[nH]c1=O. The highest BCUT2D eigenvalue weighted by atomic mass is 35.5. The van der Waals surface area contributed by atoms with E-state index in [2.05, 4.69) is 4.98 Å². The molecule has 0 aliphatic carbocycles. The fourth-order valence-corrected chi connectivity index (χ4v) is 2.10. The van der Waals surface area contributed by atoms with Crippen molar-refractivity contribution in [3.8, 4) is 11.6 Å². The highest BCUT2D eigenvalue weighted by molar-refractivity contribution is 6.32. The molecule has 1 aromatic carbocycles. The van der Waals surface area contributed by atoms with Gasteiger partial charge in [-0.05, 0) is 31.0 Å². The molecular weight excluding hydrogens is 268 g/mol. The highest BCUT2D eigenvalue weighted by Gasteiger charge is 2.15. The maximum absolute atomic E-state index is 11.9. The second-order valence-corrected chi connectivity index (χ2v) is 4.61. The van der Waals surface area contributed by atoms with Gasteiger partial charge in [-0.1, -0.05) is 24.6 Å². The Morgan fingerprint density at radius 3 is 2.68 bits per heavy atom. The summed E-state index contributed by atoms with van der Waals surface area (Å²) < 4.78 is 1.01. The minimum absolute atomic E-state index is 0.150. The molecule has 1 heterocycles. The van der Waals surface area contributed by atoms with E-state index in [4.69, 9.17) is 11.6 Å². The normalized spacial score (nSPS) is 10.7. The second kappa shape index (κ2) is 4.93. The van der Waals surface area contributed by atoms with Gasteiger partial charge in [0.1, 0.15) is 0 Å². The lowest BCUT2D eigenvalue weighted by molar-refractivity contribution is 0.423. The molecule has 2 aromatic rings. The molecule has 0 bridgehead atoms. The number of rotatable bonds is 2. The minimum Gasteiger partial charge on any atom is -0.494 e. The van der Waals surface area contributed by atoms with Gasteiger partial charge in [0.2, 0.25) is 5.88 Å². The van der Waals surface area contributed by atoms with Gasteiger partial charge in [0, 0.05) is 0 Å². The molecule has 0 atom stereocenters. The lowest BCUT2D eigenvalue weighted by Gasteiger charge is -2.12. The summed E-state index contributed by atoms with van der Waals surface area (Å²) in [5.74, 6) is -0.372. The fraction of sp³-hybridized carbons (Fsp3) is 0.231. The van der Waals surface area contributed by atoms with Crippen LogP contribution in [0, 0.1) is 6.92 Å². The summed E-state index contributed by atoms with van der Waals surface area (Å²) in [5.41, 5.74) is 0.0828. The molecule has 1 aromatic heterocycles. The lowest BCUT2D eigenvalue weighted by atomic mass is 10.2. The molecule has 2 rings (SSSR count). The van der Waals surface area contributed by atoms with Gasteiger partial charge in [-0.2, -0.15) is 0 Å². The average Bonchev–Trinajstić information content (AvgIpc) is 2.33. The van der Waals surface area contributed by atoms with E-state index in [1.54, 1.807) is 25.1 Å². The van der Waals surface area contributed by atoms with E-state index in [0.29, 0.717) is 17.1 Å². The number of aromatic hydroxyl groups is 1. The van der Waals surface area contributed by atoms with Crippen LogP contribution in [-0.4, -0.2) is 14.7 Å². The smallest absolute Gasteiger partial charge is 0.335 e. The Bertz CT molecular complexity index is 747. The van der Waals surface area contributed by atoms with Crippen molar-refractivity contribution in [1.29, 1.82) is 0 Å². The summed E-state index contributed by atoms with van der Waals surface area (Å²) in [6, 6.07) is 5.09. The van der Waals surface area contributed by atoms with Crippen LogP contribution in [0.4, 0.5) is 0 Å². The molecule has 0 amide bonds. The number of aromatic nitrogens is 2. The van der Waals surface area contributed by atoms with Crippen LogP contribution < -0.4 is 11.2 Å².